The molecule has 2 aromatic carbocycles. The molecule has 11 heteroatoms. The number of hydrogen-bond acceptors (Lipinski definition) is 6. The Hall–Kier alpha value is -2.62. The highest BCUT2D eigenvalue weighted by molar-refractivity contribution is 7.21. The van der Waals surface area contributed by atoms with Crippen LogP contribution in [0.2, 0.25) is 10.0 Å². The fourth-order valence-corrected chi connectivity index (χ4v) is 4.27. The minimum atomic E-state index is -3.76. The molecule has 2 heterocycles. The topological polar surface area (TPSA) is 73.9 Å². The second kappa shape index (κ2) is 7.33. The normalized spacial score (nSPS) is 14.1. The predicted molar refractivity (Wildman–Crippen MR) is 103 cm³/mol. The lowest BCUT2D eigenvalue weighted by Gasteiger charge is -2.07. The first kappa shape index (κ1) is 19.7. The number of nitrogens with one attached hydrogen (secondary N) is 1. The van der Waals surface area contributed by atoms with Crippen molar-refractivity contribution in [3.05, 3.63) is 51.3 Å². The van der Waals surface area contributed by atoms with E-state index in [0.29, 0.717) is 15.1 Å². The molecule has 0 fully saturated rings. The van der Waals surface area contributed by atoms with Gasteiger partial charge in [-0.1, -0.05) is 29.3 Å². The van der Waals surface area contributed by atoms with Gasteiger partial charge in [-0.2, -0.15) is 0 Å². The van der Waals surface area contributed by atoms with Gasteiger partial charge in [-0.05, 0) is 24.3 Å². The number of ether oxygens (including phenoxy) is 3. The number of esters is 1. The summed E-state index contributed by atoms with van der Waals surface area (Å²) >= 11 is 13.2. The van der Waals surface area contributed by atoms with Crippen molar-refractivity contribution in [3.8, 4) is 11.5 Å². The van der Waals surface area contributed by atoms with E-state index in [1.54, 1.807) is 18.2 Å². The lowest BCUT2D eigenvalue weighted by Crippen LogP contribution is -2.25. The zero-order chi connectivity index (χ0) is 20.8. The molecule has 0 aliphatic carbocycles. The average Bonchev–Trinajstić information content (AvgIpc) is 3.14. The van der Waals surface area contributed by atoms with Crippen LogP contribution in [0.1, 0.15) is 9.67 Å². The van der Waals surface area contributed by atoms with Crippen molar-refractivity contribution in [1.29, 1.82) is 0 Å². The van der Waals surface area contributed by atoms with E-state index in [9.17, 15) is 18.4 Å². The van der Waals surface area contributed by atoms with Gasteiger partial charge in [0.15, 0.2) is 18.1 Å². The van der Waals surface area contributed by atoms with Crippen molar-refractivity contribution in [3.63, 3.8) is 0 Å². The van der Waals surface area contributed by atoms with Crippen LogP contribution in [0.5, 0.6) is 11.5 Å². The van der Waals surface area contributed by atoms with Gasteiger partial charge in [0.2, 0.25) is 0 Å². The highest BCUT2D eigenvalue weighted by Gasteiger charge is 2.43. The molecule has 3 aromatic rings. The molecule has 0 spiro atoms. The van der Waals surface area contributed by atoms with Gasteiger partial charge in [0.25, 0.3) is 5.91 Å². The van der Waals surface area contributed by atoms with E-state index in [4.69, 9.17) is 27.9 Å². The van der Waals surface area contributed by atoms with Gasteiger partial charge in [0.1, 0.15) is 4.88 Å². The molecule has 0 saturated heterocycles. The Labute approximate surface area is 175 Å². The Balaban J connectivity index is 1.39. The van der Waals surface area contributed by atoms with Crippen LogP contribution in [0.15, 0.2) is 36.4 Å². The third-order valence-electron chi connectivity index (χ3n) is 3.80. The fourth-order valence-electron chi connectivity index (χ4n) is 2.59. The molecular weight excluding hydrogens is 451 g/mol. The number of thiophene rings is 1. The maximum Gasteiger partial charge on any atom is 0.586 e. The largest absolute Gasteiger partial charge is 0.586 e. The number of carbonyl (C=O) groups is 2. The van der Waals surface area contributed by atoms with Gasteiger partial charge in [-0.15, -0.1) is 20.1 Å². The van der Waals surface area contributed by atoms with Crippen molar-refractivity contribution in [2.45, 2.75) is 6.29 Å². The summed E-state index contributed by atoms with van der Waals surface area (Å²) in [5.74, 6) is -1.82. The van der Waals surface area contributed by atoms with Gasteiger partial charge in [0.05, 0.1) is 5.02 Å². The van der Waals surface area contributed by atoms with E-state index in [1.807, 2.05) is 0 Å². The lowest BCUT2D eigenvalue weighted by molar-refractivity contribution is -0.286. The second-order valence-electron chi connectivity index (χ2n) is 5.84. The molecular formula is C18H9Cl2F2NO5S. The summed E-state index contributed by atoms with van der Waals surface area (Å²) < 4.78 is 40.3. The summed E-state index contributed by atoms with van der Waals surface area (Å²) in [7, 11) is 0. The quantitative estimate of drug-likeness (QED) is 0.534. The Morgan fingerprint density at radius 3 is 2.66 bits per heavy atom. The van der Waals surface area contributed by atoms with Crippen LogP contribution < -0.4 is 14.8 Å². The third kappa shape index (κ3) is 4.07. The van der Waals surface area contributed by atoms with Gasteiger partial charge >= 0.3 is 12.3 Å². The van der Waals surface area contributed by atoms with Crippen LogP contribution >= 0.6 is 34.5 Å². The molecule has 1 amide bonds. The van der Waals surface area contributed by atoms with Crippen molar-refractivity contribution < 1.29 is 32.6 Å². The minimum Gasteiger partial charge on any atom is -0.451 e. The monoisotopic (exact) mass is 459 g/mol. The van der Waals surface area contributed by atoms with Crippen LogP contribution in [0.25, 0.3) is 10.1 Å². The number of alkyl halides is 2. The maximum absolute atomic E-state index is 13.0. The van der Waals surface area contributed by atoms with Gasteiger partial charge in [-0.3, -0.25) is 4.79 Å². The van der Waals surface area contributed by atoms with Crippen LogP contribution in [0.4, 0.5) is 14.5 Å². The Morgan fingerprint density at radius 2 is 1.86 bits per heavy atom. The number of fused-ring (bicyclic) bond motifs is 2. The van der Waals surface area contributed by atoms with Gasteiger partial charge in [-0.25, -0.2) is 4.79 Å². The number of hydrogen-bond donors (Lipinski definition) is 1. The van der Waals surface area contributed by atoms with E-state index in [1.165, 1.54) is 18.2 Å². The molecule has 0 bridgehead atoms. The maximum atomic E-state index is 13.0. The summed E-state index contributed by atoms with van der Waals surface area (Å²) in [6.45, 7) is -0.602. The SMILES string of the molecule is O=C(COC(=O)c1sc2cc(Cl)ccc2c1Cl)Nc1ccc2c(c1)OC(F)(F)O2. The lowest BCUT2D eigenvalue weighted by atomic mass is 10.2. The number of anilines is 1. The molecule has 0 radical (unpaired) electrons. The Morgan fingerprint density at radius 1 is 1.10 bits per heavy atom. The van der Waals surface area contributed by atoms with Crippen molar-refractivity contribution in [2.75, 3.05) is 11.9 Å². The number of halogens is 4. The highest BCUT2D eigenvalue weighted by atomic mass is 35.5. The second-order valence-corrected chi connectivity index (χ2v) is 7.71. The standard InChI is InChI=1S/C18H9Cl2F2NO5S/c19-8-1-3-10-13(5-8)29-16(15(10)20)17(25)26-7-14(24)23-9-2-4-11-12(6-9)28-18(21,22)27-11/h1-6H,7H2,(H,23,24). The predicted octanol–water partition coefficient (Wildman–Crippen LogP) is 5.33. The molecule has 0 atom stereocenters. The molecule has 0 saturated carbocycles. The average molecular weight is 460 g/mol. The summed E-state index contributed by atoms with van der Waals surface area (Å²) in [6, 6.07) is 8.73. The fraction of sp³-hybridized carbons (Fsp3) is 0.111. The van der Waals surface area contributed by atoms with E-state index in [-0.39, 0.29) is 27.1 Å². The molecule has 1 aromatic heterocycles. The first-order chi connectivity index (χ1) is 13.7. The number of amides is 1. The Bertz CT molecular complexity index is 1150. The summed E-state index contributed by atoms with van der Waals surface area (Å²) in [5.41, 5.74) is 0.167. The summed E-state index contributed by atoms with van der Waals surface area (Å²) in [5, 5.41) is 3.77. The molecule has 1 N–H and O–H groups in total. The molecule has 29 heavy (non-hydrogen) atoms. The van der Waals surface area contributed by atoms with E-state index < -0.39 is 24.8 Å². The zero-order valence-electron chi connectivity index (χ0n) is 14.1. The van der Waals surface area contributed by atoms with Crippen molar-refractivity contribution in [1.82, 2.24) is 0 Å². The third-order valence-corrected chi connectivity index (χ3v) is 5.67. The number of carbonyl (C=O) groups excluding carboxylic acids is 2. The van der Waals surface area contributed by atoms with Crippen molar-refractivity contribution >= 4 is 62.2 Å². The first-order valence-corrected chi connectivity index (χ1v) is 9.53. The number of benzene rings is 2. The summed E-state index contributed by atoms with van der Waals surface area (Å²) in [6.07, 6.45) is -3.76. The van der Waals surface area contributed by atoms with Gasteiger partial charge in [0, 0.05) is 26.9 Å². The van der Waals surface area contributed by atoms with E-state index in [0.717, 1.165) is 11.3 Å². The molecule has 0 unspecified atom stereocenters. The van der Waals surface area contributed by atoms with Crippen molar-refractivity contribution in [2.24, 2.45) is 0 Å². The van der Waals surface area contributed by atoms with Crippen LogP contribution in [0.3, 0.4) is 0 Å². The van der Waals surface area contributed by atoms with E-state index in [2.05, 4.69) is 14.8 Å². The highest BCUT2D eigenvalue weighted by Crippen LogP contribution is 2.42. The van der Waals surface area contributed by atoms with Crippen LogP contribution in [-0.2, 0) is 9.53 Å². The molecule has 150 valence electrons. The smallest absolute Gasteiger partial charge is 0.451 e. The minimum absolute atomic E-state index is 0.141. The molecule has 1 aliphatic rings. The Kier molecular flexibility index (Phi) is 4.97. The molecule has 6 nitrogen and oxygen atoms in total. The number of rotatable bonds is 4. The summed E-state index contributed by atoms with van der Waals surface area (Å²) in [4.78, 5) is 24.4. The van der Waals surface area contributed by atoms with Gasteiger partial charge < -0.3 is 19.5 Å². The van der Waals surface area contributed by atoms with Crippen LogP contribution in [-0.4, -0.2) is 24.8 Å². The molecule has 4 rings (SSSR count). The van der Waals surface area contributed by atoms with Crippen LogP contribution in [0, 0.1) is 0 Å². The molecule has 1 aliphatic heterocycles. The first-order valence-electron chi connectivity index (χ1n) is 7.96. The zero-order valence-corrected chi connectivity index (χ0v) is 16.5. The van der Waals surface area contributed by atoms with E-state index >= 15 is 0 Å².